The van der Waals surface area contributed by atoms with Crippen molar-refractivity contribution < 1.29 is 19.8 Å². The Bertz CT molecular complexity index is 573. The molecule has 0 saturated heterocycles. The van der Waals surface area contributed by atoms with Gasteiger partial charge >= 0.3 is 11.9 Å². The van der Waals surface area contributed by atoms with Gasteiger partial charge in [0.1, 0.15) is 0 Å². The Balaban J connectivity index is 2.40. The SMILES string of the molecule is O=C(O)CC(C(=O)O)c1ccc2[nH]ccc2c1. The molecule has 0 aliphatic carbocycles. The Morgan fingerprint density at radius 3 is 2.65 bits per heavy atom. The lowest BCUT2D eigenvalue weighted by Gasteiger charge is -2.10. The number of hydrogen-bond donors (Lipinski definition) is 3. The van der Waals surface area contributed by atoms with Crippen LogP contribution in [0.4, 0.5) is 0 Å². The third-order valence-corrected chi connectivity index (χ3v) is 2.66. The monoisotopic (exact) mass is 233 g/mol. The van der Waals surface area contributed by atoms with Crippen molar-refractivity contribution in [2.75, 3.05) is 0 Å². The van der Waals surface area contributed by atoms with Gasteiger partial charge in [0.2, 0.25) is 0 Å². The summed E-state index contributed by atoms with van der Waals surface area (Å²) in [5.74, 6) is -3.25. The average Bonchev–Trinajstić information content (AvgIpc) is 2.72. The number of aromatic nitrogens is 1. The van der Waals surface area contributed by atoms with E-state index < -0.39 is 24.3 Å². The van der Waals surface area contributed by atoms with Crippen LogP contribution in [-0.4, -0.2) is 27.1 Å². The van der Waals surface area contributed by atoms with Crippen LogP contribution in [0.2, 0.25) is 0 Å². The number of carboxylic acids is 2. The molecule has 0 bridgehead atoms. The first-order valence-electron chi connectivity index (χ1n) is 5.09. The molecule has 1 unspecified atom stereocenters. The summed E-state index contributed by atoms with van der Waals surface area (Å²) in [6, 6.07) is 6.91. The van der Waals surface area contributed by atoms with E-state index in [1.807, 2.05) is 6.07 Å². The summed E-state index contributed by atoms with van der Waals surface area (Å²) in [6.45, 7) is 0. The Labute approximate surface area is 96.7 Å². The summed E-state index contributed by atoms with van der Waals surface area (Å²) in [4.78, 5) is 24.7. The maximum absolute atomic E-state index is 11.0. The zero-order valence-corrected chi connectivity index (χ0v) is 8.88. The lowest BCUT2D eigenvalue weighted by atomic mass is 9.95. The van der Waals surface area contributed by atoms with E-state index in [-0.39, 0.29) is 0 Å². The van der Waals surface area contributed by atoms with Gasteiger partial charge in [0.15, 0.2) is 0 Å². The van der Waals surface area contributed by atoms with Gasteiger partial charge in [-0.2, -0.15) is 0 Å². The largest absolute Gasteiger partial charge is 0.481 e. The molecular weight excluding hydrogens is 222 g/mol. The van der Waals surface area contributed by atoms with Gasteiger partial charge in [-0.25, -0.2) is 0 Å². The maximum Gasteiger partial charge on any atom is 0.311 e. The Morgan fingerprint density at radius 2 is 2.00 bits per heavy atom. The molecule has 0 spiro atoms. The van der Waals surface area contributed by atoms with Crippen molar-refractivity contribution in [1.82, 2.24) is 4.98 Å². The van der Waals surface area contributed by atoms with Gasteiger partial charge in [-0.15, -0.1) is 0 Å². The second-order valence-corrected chi connectivity index (χ2v) is 3.81. The molecule has 2 rings (SSSR count). The Hall–Kier alpha value is -2.30. The Morgan fingerprint density at radius 1 is 1.24 bits per heavy atom. The van der Waals surface area contributed by atoms with Crippen molar-refractivity contribution in [3.8, 4) is 0 Å². The number of hydrogen-bond acceptors (Lipinski definition) is 2. The molecule has 1 aromatic carbocycles. The van der Waals surface area contributed by atoms with Crippen LogP contribution in [0.15, 0.2) is 30.5 Å². The molecule has 0 radical (unpaired) electrons. The lowest BCUT2D eigenvalue weighted by molar-refractivity contribution is -0.145. The second-order valence-electron chi connectivity index (χ2n) is 3.81. The van der Waals surface area contributed by atoms with E-state index in [1.54, 1.807) is 24.4 Å². The molecule has 1 heterocycles. The third kappa shape index (κ3) is 2.28. The predicted octanol–water partition coefficient (Wildman–Crippen LogP) is 1.81. The number of carboxylic acid groups (broad SMARTS) is 2. The highest BCUT2D eigenvalue weighted by atomic mass is 16.4. The fraction of sp³-hybridized carbons (Fsp3) is 0.167. The molecule has 5 heteroatoms. The number of aromatic amines is 1. The van der Waals surface area contributed by atoms with E-state index in [1.165, 1.54) is 0 Å². The lowest BCUT2D eigenvalue weighted by Crippen LogP contribution is -2.15. The van der Waals surface area contributed by atoms with E-state index in [9.17, 15) is 9.59 Å². The summed E-state index contributed by atoms with van der Waals surface area (Å²) >= 11 is 0. The fourth-order valence-electron chi connectivity index (χ4n) is 1.81. The summed E-state index contributed by atoms with van der Waals surface area (Å²) in [5.41, 5.74) is 1.40. The van der Waals surface area contributed by atoms with E-state index in [0.29, 0.717) is 5.56 Å². The predicted molar refractivity (Wildman–Crippen MR) is 60.9 cm³/mol. The topological polar surface area (TPSA) is 90.4 Å². The van der Waals surface area contributed by atoms with Crippen molar-refractivity contribution >= 4 is 22.8 Å². The highest BCUT2D eigenvalue weighted by Gasteiger charge is 2.23. The van der Waals surface area contributed by atoms with Crippen LogP contribution >= 0.6 is 0 Å². The van der Waals surface area contributed by atoms with E-state index in [2.05, 4.69) is 4.98 Å². The van der Waals surface area contributed by atoms with Crippen LogP contribution in [-0.2, 0) is 9.59 Å². The van der Waals surface area contributed by atoms with Gasteiger partial charge in [0.25, 0.3) is 0 Å². The first-order chi connectivity index (χ1) is 8.08. The van der Waals surface area contributed by atoms with E-state index in [0.717, 1.165) is 10.9 Å². The van der Waals surface area contributed by atoms with Crippen LogP contribution in [0.1, 0.15) is 17.9 Å². The van der Waals surface area contributed by atoms with Gasteiger partial charge < -0.3 is 15.2 Å². The third-order valence-electron chi connectivity index (χ3n) is 2.66. The highest BCUT2D eigenvalue weighted by Crippen LogP contribution is 2.24. The number of fused-ring (bicyclic) bond motifs is 1. The molecule has 3 N–H and O–H groups in total. The van der Waals surface area contributed by atoms with E-state index >= 15 is 0 Å². The first-order valence-corrected chi connectivity index (χ1v) is 5.09. The van der Waals surface area contributed by atoms with Gasteiger partial charge in [-0.3, -0.25) is 9.59 Å². The van der Waals surface area contributed by atoms with Gasteiger partial charge in [0.05, 0.1) is 12.3 Å². The van der Waals surface area contributed by atoms with Crippen molar-refractivity contribution in [2.45, 2.75) is 12.3 Å². The molecule has 17 heavy (non-hydrogen) atoms. The molecular formula is C12H11NO4. The minimum Gasteiger partial charge on any atom is -0.481 e. The number of benzene rings is 1. The molecule has 0 aliphatic heterocycles. The van der Waals surface area contributed by atoms with Crippen LogP contribution in [0, 0.1) is 0 Å². The Kier molecular flexibility index (Phi) is 2.82. The van der Waals surface area contributed by atoms with Crippen LogP contribution in [0.25, 0.3) is 10.9 Å². The molecule has 0 saturated carbocycles. The van der Waals surface area contributed by atoms with E-state index in [4.69, 9.17) is 10.2 Å². The van der Waals surface area contributed by atoms with Crippen LogP contribution in [0.5, 0.6) is 0 Å². The standard InChI is InChI=1S/C12H11NO4/c14-11(15)6-9(12(16)17)7-1-2-10-8(5-7)3-4-13-10/h1-5,9,13H,6H2,(H,14,15)(H,16,17). The normalized spacial score (nSPS) is 12.5. The minimum atomic E-state index is -1.12. The number of rotatable bonds is 4. The van der Waals surface area contributed by atoms with Gasteiger partial charge in [-0.1, -0.05) is 6.07 Å². The molecule has 5 nitrogen and oxygen atoms in total. The molecule has 0 aliphatic rings. The van der Waals surface area contributed by atoms with Crippen LogP contribution in [0.3, 0.4) is 0 Å². The van der Waals surface area contributed by atoms with Gasteiger partial charge in [-0.05, 0) is 29.1 Å². The summed E-state index contributed by atoms with van der Waals surface area (Å²) in [7, 11) is 0. The molecule has 88 valence electrons. The number of aliphatic carboxylic acids is 2. The first kappa shape index (κ1) is 11.2. The van der Waals surface area contributed by atoms with Gasteiger partial charge in [0, 0.05) is 11.7 Å². The quantitative estimate of drug-likeness (QED) is 0.751. The fourth-order valence-corrected chi connectivity index (χ4v) is 1.81. The van der Waals surface area contributed by atoms with Crippen molar-refractivity contribution in [3.05, 3.63) is 36.0 Å². The van der Waals surface area contributed by atoms with Crippen molar-refractivity contribution in [2.24, 2.45) is 0 Å². The van der Waals surface area contributed by atoms with Crippen LogP contribution < -0.4 is 0 Å². The smallest absolute Gasteiger partial charge is 0.311 e. The number of nitrogens with one attached hydrogen (secondary N) is 1. The highest BCUT2D eigenvalue weighted by molar-refractivity contribution is 5.86. The molecule has 0 fully saturated rings. The summed E-state index contributed by atoms with van der Waals surface area (Å²) in [6.07, 6.45) is 1.34. The molecule has 1 atom stereocenters. The zero-order chi connectivity index (χ0) is 12.4. The summed E-state index contributed by atoms with van der Waals surface area (Å²) < 4.78 is 0. The minimum absolute atomic E-state index is 0.411. The molecule has 0 amide bonds. The second kappa shape index (κ2) is 4.29. The molecule has 2 aromatic rings. The zero-order valence-electron chi connectivity index (χ0n) is 8.88. The average molecular weight is 233 g/mol. The van der Waals surface area contributed by atoms with Crippen molar-refractivity contribution in [1.29, 1.82) is 0 Å². The summed E-state index contributed by atoms with van der Waals surface area (Å²) in [5, 5.41) is 18.6. The number of H-pyrrole nitrogens is 1. The van der Waals surface area contributed by atoms with Crippen molar-refractivity contribution in [3.63, 3.8) is 0 Å². The maximum atomic E-state index is 11.0. The number of carbonyl (C=O) groups is 2. The molecule has 1 aromatic heterocycles.